The topological polar surface area (TPSA) is 0 Å². The molecule has 0 atom stereocenters. The van der Waals surface area contributed by atoms with Crippen LogP contribution in [0.5, 0.6) is 0 Å². The molecule has 0 fully saturated rings. The first-order valence-corrected chi connectivity index (χ1v) is 5.20. The van der Waals surface area contributed by atoms with Crippen molar-refractivity contribution in [3.05, 3.63) is 0 Å². The second kappa shape index (κ2) is 8.91. The Morgan fingerprint density at radius 1 is 0.833 bits per heavy atom. The standard InChI is InChI=1S/C3H10Si.2FH/c1-4(2)3;;/h4H,1-3H3;2*1H. The SMILES string of the molecule is C[SiH](C)C.F.F. The maximum absolute atomic E-state index is 2.31. The highest BCUT2D eigenvalue weighted by Crippen LogP contribution is 1.68. The highest BCUT2D eigenvalue weighted by atomic mass is 28.3. The Morgan fingerprint density at radius 2 is 0.833 bits per heavy atom. The summed E-state index contributed by atoms with van der Waals surface area (Å²) >= 11 is 0. The van der Waals surface area contributed by atoms with E-state index in [2.05, 4.69) is 19.6 Å². The van der Waals surface area contributed by atoms with Crippen LogP contribution in [0, 0.1) is 0 Å². The minimum atomic E-state index is -0.139. The van der Waals surface area contributed by atoms with Crippen molar-refractivity contribution in [2.24, 2.45) is 0 Å². The zero-order chi connectivity index (χ0) is 3.58. The molecule has 42 valence electrons. The molecule has 0 saturated carbocycles. The van der Waals surface area contributed by atoms with Crippen molar-refractivity contribution in [2.45, 2.75) is 19.6 Å². The van der Waals surface area contributed by atoms with Gasteiger partial charge in [0.1, 0.15) is 0 Å². The molecule has 0 radical (unpaired) electrons. The van der Waals surface area contributed by atoms with Crippen LogP contribution in [0.3, 0.4) is 0 Å². The number of hydrogen-bond acceptors (Lipinski definition) is 0. The van der Waals surface area contributed by atoms with E-state index in [-0.39, 0.29) is 18.2 Å². The third-order valence-corrected chi connectivity index (χ3v) is 0. The lowest BCUT2D eigenvalue weighted by atomic mass is 11.8. The Labute approximate surface area is 38.9 Å². The fourth-order valence-corrected chi connectivity index (χ4v) is 0. The van der Waals surface area contributed by atoms with Crippen LogP contribution < -0.4 is 0 Å². The molecule has 0 aromatic heterocycles. The van der Waals surface area contributed by atoms with Crippen LogP contribution in [-0.4, -0.2) is 8.80 Å². The van der Waals surface area contributed by atoms with Crippen molar-refractivity contribution in [2.75, 3.05) is 0 Å². The molecule has 0 N–H and O–H groups in total. The van der Waals surface area contributed by atoms with Gasteiger partial charge in [0.25, 0.3) is 0 Å². The second-order valence-corrected chi connectivity index (χ2v) is 5.20. The Morgan fingerprint density at radius 3 is 0.833 bits per heavy atom. The first-order chi connectivity index (χ1) is 1.73. The van der Waals surface area contributed by atoms with E-state index in [1.165, 1.54) is 0 Å². The van der Waals surface area contributed by atoms with Gasteiger partial charge >= 0.3 is 0 Å². The molecule has 0 bridgehead atoms. The molecule has 0 spiro atoms. The maximum atomic E-state index is 2.31. The van der Waals surface area contributed by atoms with Gasteiger partial charge in [0.05, 0.1) is 0 Å². The molecule has 0 rings (SSSR count). The third-order valence-electron chi connectivity index (χ3n) is 0. The number of hydrogen-bond donors (Lipinski definition) is 0. The average molecular weight is 114 g/mol. The van der Waals surface area contributed by atoms with E-state index in [1.54, 1.807) is 0 Å². The van der Waals surface area contributed by atoms with Crippen LogP contribution in [-0.2, 0) is 0 Å². The highest BCUT2D eigenvalue weighted by Gasteiger charge is 1.71. The van der Waals surface area contributed by atoms with E-state index in [4.69, 9.17) is 0 Å². The van der Waals surface area contributed by atoms with Crippen molar-refractivity contribution < 1.29 is 9.41 Å². The van der Waals surface area contributed by atoms with Gasteiger partial charge in [-0.3, -0.25) is 9.41 Å². The molecule has 0 aromatic carbocycles. The summed E-state index contributed by atoms with van der Waals surface area (Å²) in [6.07, 6.45) is 0. The molecule has 0 amide bonds. The molecule has 6 heavy (non-hydrogen) atoms. The number of halogens is 2. The van der Waals surface area contributed by atoms with Crippen LogP contribution in [0.15, 0.2) is 0 Å². The van der Waals surface area contributed by atoms with Crippen LogP contribution in [0.1, 0.15) is 0 Å². The first-order valence-electron chi connectivity index (χ1n) is 1.73. The fourth-order valence-electron chi connectivity index (χ4n) is 0. The second-order valence-electron chi connectivity index (χ2n) is 1.73. The summed E-state index contributed by atoms with van der Waals surface area (Å²) in [6, 6.07) is 0. The molecule has 0 saturated heterocycles. The molecule has 0 aromatic rings. The van der Waals surface area contributed by atoms with Gasteiger partial charge < -0.3 is 0 Å². The van der Waals surface area contributed by atoms with Gasteiger partial charge in [-0.15, -0.1) is 0 Å². The van der Waals surface area contributed by atoms with Gasteiger partial charge in [-0.25, -0.2) is 0 Å². The monoisotopic (exact) mass is 114 g/mol. The fraction of sp³-hybridized carbons (Fsp3) is 1.00. The Kier molecular flexibility index (Phi) is 24.6. The molecule has 0 aliphatic rings. The van der Waals surface area contributed by atoms with Crippen molar-refractivity contribution >= 4 is 8.80 Å². The van der Waals surface area contributed by atoms with E-state index in [9.17, 15) is 0 Å². The van der Waals surface area contributed by atoms with Gasteiger partial charge in [-0.2, -0.15) is 0 Å². The summed E-state index contributed by atoms with van der Waals surface area (Å²) in [5.74, 6) is 0. The van der Waals surface area contributed by atoms with Crippen LogP contribution in [0.25, 0.3) is 0 Å². The Bertz CT molecular complexity index is 13.5. The predicted octanol–water partition coefficient (Wildman–Crippen LogP) is 1.41. The number of rotatable bonds is 0. The van der Waals surface area contributed by atoms with Crippen molar-refractivity contribution in [1.82, 2.24) is 0 Å². The summed E-state index contributed by atoms with van der Waals surface area (Å²) in [4.78, 5) is 0. The van der Waals surface area contributed by atoms with Crippen molar-refractivity contribution in [3.8, 4) is 0 Å². The Balaban J connectivity index is -0.0000000450. The van der Waals surface area contributed by atoms with E-state index in [0.29, 0.717) is 0 Å². The zero-order valence-corrected chi connectivity index (χ0v) is 5.55. The molecule has 0 heterocycles. The average Bonchev–Trinajstić information content (AvgIpc) is 0.811. The van der Waals surface area contributed by atoms with E-state index in [0.717, 1.165) is 0 Å². The minimum Gasteiger partial charge on any atom is -0.269 e. The normalized spacial score (nSPS) is 6.00. The summed E-state index contributed by atoms with van der Waals surface area (Å²) < 4.78 is 0. The van der Waals surface area contributed by atoms with E-state index < -0.39 is 0 Å². The van der Waals surface area contributed by atoms with Crippen LogP contribution >= 0.6 is 0 Å². The molecule has 0 aliphatic carbocycles. The highest BCUT2D eigenvalue weighted by molar-refractivity contribution is 6.54. The molecular weight excluding hydrogens is 102 g/mol. The lowest BCUT2D eigenvalue weighted by Gasteiger charge is -1.75. The minimum absolute atomic E-state index is 0. The van der Waals surface area contributed by atoms with E-state index in [1.807, 2.05) is 0 Å². The first kappa shape index (κ1) is 16.5. The molecule has 0 nitrogen and oxygen atoms in total. The zero-order valence-electron chi connectivity index (χ0n) is 4.39. The van der Waals surface area contributed by atoms with Crippen LogP contribution in [0.4, 0.5) is 9.41 Å². The lowest BCUT2D eigenvalue weighted by Crippen LogP contribution is -1.84. The predicted molar refractivity (Wildman–Crippen MR) is 29.7 cm³/mol. The van der Waals surface area contributed by atoms with Crippen molar-refractivity contribution in [3.63, 3.8) is 0 Å². The maximum Gasteiger partial charge on any atom is 0.0274 e. The van der Waals surface area contributed by atoms with Crippen LogP contribution in [0.2, 0.25) is 19.6 Å². The summed E-state index contributed by atoms with van der Waals surface area (Å²) in [7, 11) is -0.139. The molecule has 0 aliphatic heterocycles. The third kappa shape index (κ3) is 6530. The van der Waals surface area contributed by atoms with E-state index >= 15 is 0 Å². The van der Waals surface area contributed by atoms with Gasteiger partial charge in [-0.05, 0) is 0 Å². The largest absolute Gasteiger partial charge is 0.269 e. The summed E-state index contributed by atoms with van der Waals surface area (Å²) in [6.45, 7) is 6.92. The van der Waals surface area contributed by atoms with Gasteiger partial charge in [0, 0.05) is 8.80 Å². The smallest absolute Gasteiger partial charge is 0.0274 e. The molecule has 0 unspecified atom stereocenters. The Hall–Kier alpha value is 0.0769. The molecule has 3 heteroatoms. The van der Waals surface area contributed by atoms with Crippen molar-refractivity contribution in [1.29, 1.82) is 0 Å². The summed E-state index contributed by atoms with van der Waals surface area (Å²) in [5, 5.41) is 0. The summed E-state index contributed by atoms with van der Waals surface area (Å²) in [5.41, 5.74) is 0. The molecular formula is C3H12F2Si. The lowest BCUT2D eigenvalue weighted by molar-refractivity contribution is 1.11. The van der Waals surface area contributed by atoms with Gasteiger partial charge in [-0.1, -0.05) is 19.6 Å². The van der Waals surface area contributed by atoms with Gasteiger partial charge in [0.2, 0.25) is 0 Å². The van der Waals surface area contributed by atoms with Gasteiger partial charge in [0.15, 0.2) is 0 Å². The quantitative estimate of drug-likeness (QED) is 0.418.